The zero-order valence-corrected chi connectivity index (χ0v) is 11.1. The molecule has 0 saturated carbocycles. The lowest BCUT2D eigenvalue weighted by Crippen LogP contribution is -2.33. The lowest BCUT2D eigenvalue weighted by molar-refractivity contribution is -0.138. The first kappa shape index (κ1) is 11.7. The Morgan fingerprint density at radius 1 is 0.950 bits per heavy atom. The van der Waals surface area contributed by atoms with E-state index in [4.69, 9.17) is 0 Å². The molecule has 3 aliphatic rings. The van der Waals surface area contributed by atoms with Gasteiger partial charge >= 0.3 is 5.97 Å². The summed E-state index contributed by atoms with van der Waals surface area (Å²) in [5.41, 5.74) is 5.48. The number of carboxylic acids is 1. The van der Waals surface area contributed by atoms with Gasteiger partial charge in [-0.3, -0.25) is 4.79 Å². The van der Waals surface area contributed by atoms with Crippen molar-refractivity contribution in [2.75, 3.05) is 0 Å². The quantitative estimate of drug-likeness (QED) is 0.896. The first-order valence-corrected chi connectivity index (χ1v) is 7.15. The van der Waals surface area contributed by atoms with Gasteiger partial charge < -0.3 is 5.11 Å². The monoisotopic (exact) mass is 264 g/mol. The van der Waals surface area contributed by atoms with Crippen LogP contribution in [0.2, 0.25) is 0 Å². The fourth-order valence-corrected chi connectivity index (χ4v) is 4.18. The van der Waals surface area contributed by atoms with Gasteiger partial charge in [-0.15, -0.1) is 0 Å². The lowest BCUT2D eigenvalue weighted by Gasteiger charge is -2.45. The Hall–Kier alpha value is -2.09. The smallest absolute Gasteiger partial charge is 0.303 e. The second kappa shape index (κ2) is 4.20. The molecule has 2 aromatic carbocycles. The maximum Gasteiger partial charge on any atom is 0.303 e. The fourth-order valence-electron chi connectivity index (χ4n) is 4.18. The van der Waals surface area contributed by atoms with Crippen LogP contribution in [0.4, 0.5) is 0 Å². The Balaban J connectivity index is 1.91. The molecule has 0 heterocycles. The Labute approximate surface area is 118 Å². The Kier molecular flexibility index (Phi) is 2.46. The van der Waals surface area contributed by atoms with Crippen LogP contribution in [0.1, 0.15) is 46.9 Å². The van der Waals surface area contributed by atoms with E-state index in [9.17, 15) is 9.90 Å². The second-order valence-corrected chi connectivity index (χ2v) is 5.88. The standard InChI is InChI=1S/C18H16O2/c19-17(20)10-11-9-16-12-5-1-3-7-14(12)18(11)15-8-4-2-6-13(15)16/h1-8,11,16,18H,9-10H2,(H,19,20)/t11-,16?,18?/m0/s1. The minimum Gasteiger partial charge on any atom is -0.481 e. The predicted octanol–water partition coefficient (Wildman–Crippen LogP) is 3.76. The summed E-state index contributed by atoms with van der Waals surface area (Å²) in [6.45, 7) is 0. The molecular formula is C18H16O2. The van der Waals surface area contributed by atoms with Crippen LogP contribution in [0.5, 0.6) is 0 Å². The van der Waals surface area contributed by atoms with Gasteiger partial charge in [0.15, 0.2) is 0 Å². The number of carbonyl (C=O) groups is 1. The minimum atomic E-state index is -0.683. The summed E-state index contributed by atoms with van der Waals surface area (Å²) in [4.78, 5) is 11.2. The van der Waals surface area contributed by atoms with E-state index in [0.717, 1.165) is 6.42 Å². The fraction of sp³-hybridized carbons (Fsp3) is 0.278. The van der Waals surface area contributed by atoms with Gasteiger partial charge in [0.25, 0.3) is 0 Å². The van der Waals surface area contributed by atoms with E-state index >= 15 is 0 Å². The minimum absolute atomic E-state index is 0.224. The van der Waals surface area contributed by atoms with Crippen molar-refractivity contribution in [3.8, 4) is 0 Å². The van der Waals surface area contributed by atoms with E-state index < -0.39 is 5.97 Å². The van der Waals surface area contributed by atoms with Crippen molar-refractivity contribution in [2.45, 2.75) is 24.7 Å². The van der Waals surface area contributed by atoms with Crippen LogP contribution in [-0.4, -0.2) is 11.1 Å². The molecule has 0 spiro atoms. The molecule has 0 aromatic heterocycles. The van der Waals surface area contributed by atoms with Gasteiger partial charge in [0, 0.05) is 18.3 Å². The second-order valence-electron chi connectivity index (χ2n) is 5.88. The number of rotatable bonds is 2. The van der Waals surface area contributed by atoms with Gasteiger partial charge in [-0.1, -0.05) is 48.5 Å². The van der Waals surface area contributed by atoms with E-state index in [1.807, 2.05) is 0 Å². The number of aliphatic carboxylic acids is 1. The van der Waals surface area contributed by atoms with Gasteiger partial charge in [-0.2, -0.15) is 0 Å². The first-order valence-electron chi connectivity index (χ1n) is 7.15. The molecule has 0 aliphatic heterocycles. The summed E-state index contributed by atoms with van der Waals surface area (Å²) in [6, 6.07) is 17.1. The van der Waals surface area contributed by atoms with Gasteiger partial charge in [0.2, 0.25) is 0 Å². The first-order chi connectivity index (χ1) is 9.75. The van der Waals surface area contributed by atoms with E-state index in [1.165, 1.54) is 22.3 Å². The molecule has 20 heavy (non-hydrogen) atoms. The maximum absolute atomic E-state index is 11.2. The highest BCUT2D eigenvalue weighted by Crippen LogP contribution is 2.56. The Morgan fingerprint density at radius 3 is 1.95 bits per heavy atom. The van der Waals surface area contributed by atoms with E-state index in [1.54, 1.807) is 0 Å². The number of hydrogen-bond donors (Lipinski definition) is 1. The molecule has 0 saturated heterocycles. The zero-order chi connectivity index (χ0) is 13.7. The summed E-state index contributed by atoms with van der Waals surface area (Å²) in [5.74, 6) is 0.167. The van der Waals surface area contributed by atoms with E-state index in [2.05, 4.69) is 48.5 Å². The normalized spacial score (nSPS) is 25.9. The van der Waals surface area contributed by atoms with Gasteiger partial charge in [0.05, 0.1) is 0 Å². The molecule has 2 aromatic rings. The lowest BCUT2D eigenvalue weighted by atomic mass is 9.58. The highest BCUT2D eigenvalue weighted by molar-refractivity contribution is 5.68. The Morgan fingerprint density at radius 2 is 1.45 bits per heavy atom. The van der Waals surface area contributed by atoms with Crippen molar-refractivity contribution in [3.63, 3.8) is 0 Å². The molecule has 100 valence electrons. The van der Waals surface area contributed by atoms with Crippen molar-refractivity contribution in [2.24, 2.45) is 5.92 Å². The summed E-state index contributed by atoms with van der Waals surface area (Å²) in [5, 5.41) is 9.19. The summed E-state index contributed by atoms with van der Waals surface area (Å²) in [6.07, 6.45) is 1.23. The van der Waals surface area contributed by atoms with Crippen LogP contribution in [0.3, 0.4) is 0 Å². The van der Waals surface area contributed by atoms with Gasteiger partial charge in [-0.05, 0) is 34.6 Å². The van der Waals surface area contributed by atoms with Crippen LogP contribution in [0.15, 0.2) is 48.5 Å². The third kappa shape index (κ3) is 1.54. The van der Waals surface area contributed by atoms with Crippen molar-refractivity contribution >= 4 is 5.97 Å². The third-order valence-corrected chi connectivity index (χ3v) is 4.86. The molecule has 3 aliphatic carbocycles. The molecule has 2 bridgehead atoms. The molecule has 0 fully saturated rings. The van der Waals surface area contributed by atoms with Gasteiger partial charge in [0.1, 0.15) is 0 Å². The summed E-state index contributed by atoms with van der Waals surface area (Å²) in [7, 11) is 0. The molecular weight excluding hydrogens is 248 g/mol. The van der Waals surface area contributed by atoms with Crippen molar-refractivity contribution in [1.82, 2.24) is 0 Å². The van der Waals surface area contributed by atoms with E-state index in [0.29, 0.717) is 5.92 Å². The number of fused-ring (bicyclic) bond motifs is 1. The van der Waals surface area contributed by atoms with Crippen LogP contribution in [0, 0.1) is 5.92 Å². The summed E-state index contributed by atoms with van der Waals surface area (Å²) >= 11 is 0. The van der Waals surface area contributed by atoms with E-state index in [-0.39, 0.29) is 18.3 Å². The topological polar surface area (TPSA) is 37.3 Å². The number of hydrogen-bond acceptors (Lipinski definition) is 1. The maximum atomic E-state index is 11.2. The van der Waals surface area contributed by atoms with Crippen molar-refractivity contribution in [3.05, 3.63) is 70.8 Å². The molecule has 1 atom stereocenters. The average Bonchev–Trinajstić information content (AvgIpc) is 2.47. The number of carboxylic acid groups (broad SMARTS) is 1. The Bertz CT molecular complexity index is 642. The van der Waals surface area contributed by atoms with Crippen LogP contribution in [0.25, 0.3) is 0 Å². The molecule has 0 radical (unpaired) electrons. The number of benzene rings is 2. The zero-order valence-electron chi connectivity index (χ0n) is 11.1. The predicted molar refractivity (Wildman–Crippen MR) is 76.9 cm³/mol. The highest BCUT2D eigenvalue weighted by Gasteiger charge is 2.43. The molecule has 2 nitrogen and oxygen atoms in total. The van der Waals surface area contributed by atoms with Crippen molar-refractivity contribution in [1.29, 1.82) is 0 Å². The molecule has 5 rings (SSSR count). The van der Waals surface area contributed by atoms with Crippen LogP contribution in [-0.2, 0) is 4.79 Å². The molecule has 1 N–H and O–H groups in total. The largest absolute Gasteiger partial charge is 0.481 e. The molecule has 2 heteroatoms. The SMILES string of the molecule is O=C(O)C[C@@H]1CC2c3ccccc3C1c1ccccc12. The third-order valence-electron chi connectivity index (χ3n) is 4.86. The average molecular weight is 264 g/mol. The van der Waals surface area contributed by atoms with Gasteiger partial charge in [-0.25, -0.2) is 0 Å². The van der Waals surface area contributed by atoms with Crippen LogP contribution >= 0.6 is 0 Å². The highest BCUT2D eigenvalue weighted by atomic mass is 16.4. The molecule has 0 unspecified atom stereocenters. The summed E-state index contributed by atoms with van der Waals surface area (Å²) < 4.78 is 0. The van der Waals surface area contributed by atoms with Crippen molar-refractivity contribution < 1.29 is 9.90 Å². The van der Waals surface area contributed by atoms with Crippen LogP contribution < -0.4 is 0 Å². The molecule has 0 amide bonds.